The summed E-state index contributed by atoms with van der Waals surface area (Å²) in [6, 6.07) is 20.6. The minimum Gasteiger partial charge on any atom is -1.00 e. The molecule has 8 bridgehead atoms. The lowest BCUT2D eigenvalue weighted by atomic mass is 9.47. The summed E-state index contributed by atoms with van der Waals surface area (Å²) in [6.07, 6.45) is 9.67. The molecule has 0 aliphatic heterocycles. The SMILES string of the molecule is CC(C)(C)C(=O)N[C@@H](c1ccccc1)[C@H]1C2C[C@H]3C[C@](Cl)(C2)C[C@@]1(O)C3.CC(C)(C)C(=O)OC(=O)C(C)(C)C.CCN(CC)CC.[2H]CC.[Cl-].[NH3+][C@@H](c1ccccc1)[C@H]1C2C[C@H]3C[C@](Cl)(C2)C[C@@]1(O)C3. The fourth-order valence-corrected chi connectivity index (χ4v) is 14.1. The van der Waals surface area contributed by atoms with Crippen LogP contribution in [0.15, 0.2) is 60.7 Å². The lowest BCUT2D eigenvalue weighted by Gasteiger charge is -2.63. The molecule has 0 aromatic heterocycles. The molecule has 69 heavy (non-hydrogen) atoms. The second-order valence-electron chi connectivity index (χ2n) is 24.3. The molecule has 0 saturated heterocycles. The van der Waals surface area contributed by atoms with Gasteiger partial charge in [0.1, 0.15) is 6.04 Å². The predicted octanol–water partition coefficient (Wildman–Crippen LogP) is 8.48. The van der Waals surface area contributed by atoms with E-state index in [1.807, 2.05) is 45.0 Å². The second-order valence-corrected chi connectivity index (χ2v) is 25.9. The average molecular weight is 1020 g/mol. The first-order valence-corrected chi connectivity index (χ1v) is 26.5. The Morgan fingerprint density at radius 3 is 1.39 bits per heavy atom. The number of hydrogen-bond acceptors (Lipinski definition) is 7. The van der Waals surface area contributed by atoms with Crippen LogP contribution in [0.5, 0.6) is 0 Å². The van der Waals surface area contributed by atoms with Crippen molar-refractivity contribution in [3.05, 3.63) is 71.8 Å². The zero-order chi connectivity index (χ0) is 52.0. The van der Waals surface area contributed by atoms with Gasteiger partial charge in [0, 0.05) is 33.9 Å². The minimum absolute atomic E-state index is 0. The van der Waals surface area contributed by atoms with Crippen LogP contribution < -0.4 is 23.5 Å². The second kappa shape index (κ2) is 24.2. The number of carbonyl (C=O) groups excluding carboxylic acids is 3. The van der Waals surface area contributed by atoms with Crippen LogP contribution in [-0.2, 0) is 19.1 Å². The van der Waals surface area contributed by atoms with Crippen LogP contribution in [0.4, 0.5) is 0 Å². The highest BCUT2D eigenvalue weighted by molar-refractivity contribution is 6.24. The smallest absolute Gasteiger partial charge is 0.318 e. The normalized spacial score (nSPS) is 32.4. The Morgan fingerprint density at radius 2 is 1.07 bits per heavy atom. The predicted molar refractivity (Wildman–Crippen MR) is 278 cm³/mol. The molecule has 0 spiro atoms. The van der Waals surface area contributed by atoms with Gasteiger partial charge in [0.05, 0.1) is 28.1 Å². The van der Waals surface area contributed by atoms with Crippen LogP contribution in [0.25, 0.3) is 0 Å². The van der Waals surface area contributed by atoms with Crippen molar-refractivity contribution in [2.24, 2.45) is 51.8 Å². The summed E-state index contributed by atoms with van der Waals surface area (Å²) >= 11 is 13.6. The molecule has 12 atom stereocenters. The fraction of sp³-hybridized carbons (Fsp3) is 0.737. The van der Waals surface area contributed by atoms with Crippen molar-refractivity contribution in [1.29, 1.82) is 0 Å². The molecule has 392 valence electrons. The molecule has 8 fully saturated rings. The van der Waals surface area contributed by atoms with Gasteiger partial charge in [-0.25, -0.2) is 0 Å². The highest BCUT2D eigenvalue weighted by atomic mass is 35.5. The highest BCUT2D eigenvalue weighted by Crippen LogP contribution is 2.65. The molecule has 8 saturated carbocycles. The van der Waals surface area contributed by atoms with Crippen LogP contribution in [0.3, 0.4) is 0 Å². The number of hydrogen-bond donors (Lipinski definition) is 4. The van der Waals surface area contributed by atoms with Gasteiger partial charge in [0.25, 0.3) is 0 Å². The summed E-state index contributed by atoms with van der Waals surface area (Å²) in [4.78, 5) is 37.4. The van der Waals surface area contributed by atoms with Crippen LogP contribution >= 0.6 is 23.2 Å². The monoisotopic (exact) mass is 1020 g/mol. The van der Waals surface area contributed by atoms with Crippen molar-refractivity contribution in [3.63, 3.8) is 0 Å². The molecule has 1 amide bonds. The van der Waals surface area contributed by atoms with Gasteiger partial charge < -0.3 is 43.3 Å². The Morgan fingerprint density at radius 1 is 0.696 bits per heavy atom. The first kappa shape index (κ1) is 59.3. The van der Waals surface area contributed by atoms with Crippen LogP contribution in [0.2, 0.25) is 0 Å². The van der Waals surface area contributed by atoms with E-state index in [0.717, 1.165) is 56.9 Å². The number of ether oxygens (including phenoxy) is 1. The number of amides is 1. The van der Waals surface area contributed by atoms with E-state index < -0.39 is 39.4 Å². The van der Waals surface area contributed by atoms with Crippen LogP contribution in [-0.4, -0.2) is 73.5 Å². The minimum atomic E-state index is -0.780. The molecule has 9 nitrogen and oxygen atoms in total. The summed E-state index contributed by atoms with van der Waals surface area (Å²) < 4.78 is 10.9. The molecular weight excluding hydrogens is 929 g/mol. The van der Waals surface area contributed by atoms with E-state index in [-0.39, 0.29) is 52.0 Å². The third-order valence-corrected chi connectivity index (χ3v) is 16.4. The van der Waals surface area contributed by atoms with Crippen molar-refractivity contribution in [2.45, 2.75) is 194 Å². The number of alkyl halides is 2. The van der Waals surface area contributed by atoms with Gasteiger partial charge in [-0.05, 0) is 155 Å². The van der Waals surface area contributed by atoms with Crippen molar-refractivity contribution in [2.75, 3.05) is 19.6 Å². The molecule has 12 heteroatoms. The van der Waals surface area contributed by atoms with E-state index >= 15 is 0 Å². The van der Waals surface area contributed by atoms with Gasteiger partial charge in [-0.2, -0.15) is 0 Å². The Bertz CT molecular complexity index is 1950. The molecule has 6 N–H and O–H groups in total. The van der Waals surface area contributed by atoms with Crippen molar-refractivity contribution >= 4 is 41.0 Å². The number of nitrogens with zero attached hydrogens (tertiary/aromatic N) is 1. The third-order valence-electron chi connectivity index (χ3n) is 15.5. The van der Waals surface area contributed by atoms with Crippen LogP contribution in [0, 0.1) is 51.8 Å². The van der Waals surface area contributed by atoms with Crippen molar-refractivity contribution < 1.29 is 48.8 Å². The first-order valence-electron chi connectivity index (χ1n) is 26.5. The molecule has 8 aliphatic rings. The average Bonchev–Trinajstić information content (AvgIpc) is 3.22. The summed E-state index contributed by atoms with van der Waals surface area (Å²) in [5, 5.41) is 26.2. The first-order chi connectivity index (χ1) is 31.9. The van der Waals surface area contributed by atoms with Crippen molar-refractivity contribution in [1.82, 2.24) is 10.2 Å². The Balaban J connectivity index is 0.000000262. The quantitative estimate of drug-likeness (QED) is 0.118. The molecule has 2 aromatic carbocycles. The molecule has 0 heterocycles. The zero-order valence-corrected chi connectivity index (χ0v) is 46.9. The summed E-state index contributed by atoms with van der Waals surface area (Å²) in [7, 11) is 0. The topological polar surface area (TPSA) is 144 Å². The lowest BCUT2D eigenvalue weighted by Crippen LogP contribution is -3.00. The number of aliphatic hydroxyl groups is 2. The standard InChI is InChI=1S/C22H30ClNO2.C17H22ClNO.C10H18O3.C6H15N.C2H6.ClH/c1-20(2,3)19(25)24-18(15-7-5-4-6-8-15)17-16-9-14-10-21(23,12-16)13-22(17,26)11-14;18-16-7-11-6-13(9-16)14(17(20,8-11)10-16)15(19)12-4-2-1-3-5-12;1-9(2,3)7(11)13-8(12)10(4,5)6;1-4-7(5-2)6-3;1-2;/h4-8,14,16-18,26H,9-13H2,1-3H3,(H,24,25);1-5,11,13-15,20H,6-10,19H2;1-6H3;4-6H2,1-3H3;1-2H3;1H/t14-,16?,17+,18-,21-,22-;11-,13?,14+,15-,16-,17-;;;;/m00..../s1/i;;;;1D;. The highest BCUT2D eigenvalue weighted by Gasteiger charge is 2.65. The summed E-state index contributed by atoms with van der Waals surface area (Å²) in [5.41, 5.74) is 3.67. The van der Waals surface area contributed by atoms with Gasteiger partial charge in [-0.15, -0.1) is 23.2 Å². The van der Waals surface area contributed by atoms with E-state index in [1.165, 1.54) is 31.6 Å². The molecule has 2 aromatic rings. The maximum atomic E-state index is 12.8. The molecule has 2 unspecified atom stereocenters. The van der Waals surface area contributed by atoms with Gasteiger partial charge >= 0.3 is 11.9 Å². The van der Waals surface area contributed by atoms with Crippen molar-refractivity contribution in [3.8, 4) is 0 Å². The summed E-state index contributed by atoms with van der Waals surface area (Å²) in [6.45, 7) is 28.5. The Hall–Kier alpha value is -2.24. The number of halogens is 3. The molecule has 0 radical (unpaired) electrons. The maximum Gasteiger partial charge on any atom is 0.318 e. The maximum absolute atomic E-state index is 12.8. The van der Waals surface area contributed by atoms with E-state index in [1.54, 1.807) is 48.5 Å². The van der Waals surface area contributed by atoms with E-state index in [4.69, 9.17) is 29.3 Å². The van der Waals surface area contributed by atoms with E-state index in [0.29, 0.717) is 37.0 Å². The van der Waals surface area contributed by atoms with E-state index in [2.05, 4.69) is 73.1 Å². The lowest BCUT2D eigenvalue weighted by molar-refractivity contribution is -0.459. The third kappa shape index (κ3) is 15.4. The van der Waals surface area contributed by atoms with Crippen LogP contribution in [0.1, 0.15) is 186 Å². The van der Waals surface area contributed by atoms with Gasteiger partial charge in [0.15, 0.2) is 0 Å². The number of benzene rings is 2. The number of nitrogens with one attached hydrogen (secondary N) is 1. The number of esters is 2. The Labute approximate surface area is 435 Å². The fourth-order valence-electron chi connectivity index (χ4n) is 12.8. The zero-order valence-electron chi connectivity index (χ0n) is 45.6. The number of carbonyl (C=O) groups is 3. The number of quaternary nitrogens is 1. The largest absolute Gasteiger partial charge is 1.00 e. The summed E-state index contributed by atoms with van der Waals surface area (Å²) in [5.74, 6) is 1.43. The molecule has 8 aliphatic carbocycles. The van der Waals surface area contributed by atoms with Gasteiger partial charge in [-0.1, -0.05) is 116 Å². The van der Waals surface area contributed by atoms with Gasteiger partial charge in [-0.3, -0.25) is 14.4 Å². The molecular formula is C57H92Cl3N3O6. The Kier molecular flexibility index (Phi) is 20.8. The molecule has 10 rings (SSSR count). The van der Waals surface area contributed by atoms with E-state index in [9.17, 15) is 24.6 Å². The van der Waals surface area contributed by atoms with Gasteiger partial charge in [0.2, 0.25) is 5.91 Å². The number of rotatable bonds is 8.